The number of ketones is 1. The Bertz CT molecular complexity index is 712. The molecular formula is C21H28N2O3S. The molecule has 0 saturated carbocycles. The van der Waals surface area contributed by atoms with Crippen molar-refractivity contribution < 1.29 is 14.3 Å². The van der Waals surface area contributed by atoms with Gasteiger partial charge in [-0.3, -0.25) is 9.59 Å². The number of likely N-dealkylation sites (N-methyl/N-ethyl adjacent to an activating group) is 1. The van der Waals surface area contributed by atoms with Gasteiger partial charge in [-0.15, -0.1) is 11.3 Å². The number of carbonyl (C=O) groups is 2. The van der Waals surface area contributed by atoms with Crippen LogP contribution in [0.2, 0.25) is 0 Å². The summed E-state index contributed by atoms with van der Waals surface area (Å²) < 4.78 is 5.51. The Morgan fingerprint density at radius 1 is 1.15 bits per heavy atom. The third-order valence-corrected chi connectivity index (χ3v) is 5.19. The quantitative estimate of drug-likeness (QED) is 0.593. The van der Waals surface area contributed by atoms with Gasteiger partial charge in [-0.1, -0.05) is 13.0 Å². The monoisotopic (exact) mass is 388 g/mol. The summed E-state index contributed by atoms with van der Waals surface area (Å²) in [6.07, 6.45) is 1.33. The molecule has 5 nitrogen and oxygen atoms in total. The minimum atomic E-state index is -0.102. The van der Waals surface area contributed by atoms with Crippen LogP contribution in [0.4, 0.5) is 0 Å². The van der Waals surface area contributed by atoms with E-state index in [0.717, 1.165) is 12.2 Å². The number of carbonyl (C=O) groups excluding carboxylic acids is 2. The number of nitrogens with one attached hydrogen (secondary N) is 1. The predicted octanol–water partition coefficient (Wildman–Crippen LogP) is 3.92. The summed E-state index contributed by atoms with van der Waals surface area (Å²) >= 11 is 1.68. The van der Waals surface area contributed by atoms with Crippen LogP contribution >= 0.6 is 11.3 Å². The second kappa shape index (κ2) is 10.8. The van der Waals surface area contributed by atoms with Crippen LogP contribution in [0.25, 0.3) is 0 Å². The van der Waals surface area contributed by atoms with Crippen LogP contribution in [0.15, 0.2) is 41.8 Å². The second-order valence-electron chi connectivity index (χ2n) is 6.59. The Hall–Kier alpha value is -2.18. The average molecular weight is 389 g/mol. The smallest absolute Gasteiger partial charge is 0.220 e. The molecule has 0 radical (unpaired) electrons. The molecule has 6 heteroatoms. The minimum absolute atomic E-state index is 0.0328. The first kappa shape index (κ1) is 21.1. The number of ether oxygens (including phenoxy) is 1. The van der Waals surface area contributed by atoms with Gasteiger partial charge in [0.25, 0.3) is 0 Å². The van der Waals surface area contributed by atoms with Crippen molar-refractivity contribution in [1.82, 2.24) is 10.2 Å². The lowest BCUT2D eigenvalue weighted by molar-refractivity contribution is -0.121. The first-order chi connectivity index (χ1) is 13.0. The van der Waals surface area contributed by atoms with Crippen molar-refractivity contribution in [3.63, 3.8) is 0 Å². The SMILES string of the molecule is CCCOc1ccc(C(=O)CCC(=O)NC[C@@H](c2cccs2)N(C)C)cc1. The fourth-order valence-electron chi connectivity index (χ4n) is 2.65. The van der Waals surface area contributed by atoms with Crippen molar-refractivity contribution >= 4 is 23.0 Å². The number of hydrogen-bond acceptors (Lipinski definition) is 5. The van der Waals surface area contributed by atoms with Gasteiger partial charge in [0.05, 0.1) is 12.6 Å². The van der Waals surface area contributed by atoms with Crippen LogP contribution in [0.5, 0.6) is 5.75 Å². The number of nitrogens with zero attached hydrogens (tertiary/aromatic N) is 1. The Kier molecular flexibility index (Phi) is 8.48. The zero-order valence-electron chi connectivity index (χ0n) is 16.2. The first-order valence-corrected chi connectivity index (χ1v) is 10.1. The Labute approximate surface area is 165 Å². The topological polar surface area (TPSA) is 58.6 Å². The normalized spacial score (nSPS) is 12.0. The van der Waals surface area contributed by atoms with E-state index in [4.69, 9.17) is 4.74 Å². The van der Waals surface area contributed by atoms with E-state index in [0.29, 0.717) is 18.7 Å². The minimum Gasteiger partial charge on any atom is -0.494 e. The average Bonchev–Trinajstić information content (AvgIpc) is 3.19. The summed E-state index contributed by atoms with van der Waals surface area (Å²) in [6, 6.07) is 11.3. The van der Waals surface area contributed by atoms with Crippen molar-refractivity contribution in [2.45, 2.75) is 32.2 Å². The lowest BCUT2D eigenvalue weighted by atomic mass is 10.1. The number of hydrogen-bond donors (Lipinski definition) is 1. The molecule has 0 saturated heterocycles. The maximum atomic E-state index is 12.3. The van der Waals surface area contributed by atoms with E-state index >= 15 is 0 Å². The van der Waals surface area contributed by atoms with Crippen molar-refractivity contribution in [2.24, 2.45) is 0 Å². The zero-order chi connectivity index (χ0) is 19.6. The summed E-state index contributed by atoms with van der Waals surface area (Å²) in [5.74, 6) is 0.624. The van der Waals surface area contributed by atoms with E-state index in [1.54, 1.807) is 35.6 Å². The highest BCUT2D eigenvalue weighted by Crippen LogP contribution is 2.22. The van der Waals surface area contributed by atoms with Gasteiger partial charge >= 0.3 is 0 Å². The van der Waals surface area contributed by atoms with Crippen LogP contribution in [0.3, 0.4) is 0 Å². The molecule has 0 aliphatic heterocycles. The van der Waals surface area contributed by atoms with E-state index in [2.05, 4.69) is 16.3 Å². The van der Waals surface area contributed by atoms with Crippen molar-refractivity contribution in [3.05, 3.63) is 52.2 Å². The predicted molar refractivity (Wildman–Crippen MR) is 110 cm³/mol. The van der Waals surface area contributed by atoms with Crippen LogP contribution in [0.1, 0.15) is 47.5 Å². The van der Waals surface area contributed by atoms with E-state index < -0.39 is 0 Å². The number of thiophene rings is 1. The molecule has 1 atom stereocenters. The highest BCUT2D eigenvalue weighted by molar-refractivity contribution is 7.10. The molecule has 0 bridgehead atoms. The maximum Gasteiger partial charge on any atom is 0.220 e. The van der Waals surface area contributed by atoms with Crippen molar-refractivity contribution in [1.29, 1.82) is 0 Å². The molecule has 1 amide bonds. The van der Waals surface area contributed by atoms with Gasteiger partial charge in [0.1, 0.15) is 5.75 Å². The number of Topliss-reactive ketones (excluding diaryl/α,β-unsaturated/α-hetero) is 1. The van der Waals surface area contributed by atoms with Gasteiger partial charge in [-0.2, -0.15) is 0 Å². The van der Waals surface area contributed by atoms with Crippen molar-refractivity contribution in [2.75, 3.05) is 27.2 Å². The van der Waals surface area contributed by atoms with Crippen LogP contribution in [-0.4, -0.2) is 43.8 Å². The Morgan fingerprint density at radius 3 is 2.48 bits per heavy atom. The van der Waals surface area contributed by atoms with E-state index in [1.165, 1.54) is 4.88 Å². The van der Waals surface area contributed by atoms with Crippen molar-refractivity contribution in [3.8, 4) is 5.75 Å². The summed E-state index contributed by atoms with van der Waals surface area (Å²) in [5, 5.41) is 4.98. The second-order valence-corrected chi connectivity index (χ2v) is 7.57. The van der Waals surface area contributed by atoms with Gasteiger partial charge in [0.2, 0.25) is 5.91 Å². The summed E-state index contributed by atoms with van der Waals surface area (Å²) in [5.41, 5.74) is 0.608. The molecule has 146 valence electrons. The fraction of sp³-hybridized carbons (Fsp3) is 0.429. The molecule has 0 unspecified atom stereocenters. The fourth-order valence-corrected chi connectivity index (χ4v) is 3.57. The van der Waals surface area contributed by atoms with E-state index in [-0.39, 0.29) is 30.6 Å². The molecule has 1 heterocycles. The molecule has 0 spiro atoms. The number of rotatable bonds is 11. The summed E-state index contributed by atoms with van der Waals surface area (Å²) in [7, 11) is 3.99. The largest absolute Gasteiger partial charge is 0.494 e. The van der Waals surface area contributed by atoms with Crippen LogP contribution in [-0.2, 0) is 4.79 Å². The highest BCUT2D eigenvalue weighted by atomic mass is 32.1. The molecule has 27 heavy (non-hydrogen) atoms. The van der Waals surface area contributed by atoms with Gasteiger partial charge in [0.15, 0.2) is 5.78 Å². The molecular weight excluding hydrogens is 360 g/mol. The third kappa shape index (κ3) is 6.81. The third-order valence-electron chi connectivity index (χ3n) is 4.22. The molecule has 1 N–H and O–H groups in total. The molecule has 1 aromatic carbocycles. The van der Waals surface area contributed by atoms with Crippen LogP contribution in [0, 0.1) is 0 Å². The molecule has 0 fully saturated rings. The molecule has 1 aromatic heterocycles. The van der Waals surface area contributed by atoms with Gasteiger partial charge in [0, 0.05) is 29.8 Å². The Morgan fingerprint density at radius 2 is 1.89 bits per heavy atom. The molecule has 0 aliphatic rings. The maximum absolute atomic E-state index is 12.3. The summed E-state index contributed by atoms with van der Waals surface area (Å²) in [4.78, 5) is 27.7. The first-order valence-electron chi connectivity index (χ1n) is 9.23. The molecule has 2 rings (SSSR count). The van der Waals surface area contributed by atoms with E-state index in [1.807, 2.05) is 32.5 Å². The highest BCUT2D eigenvalue weighted by Gasteiger charge is 2.16. The van der Waals surface area contributed by atoms with Gasteiger partial charge in [-0.25, -0.2) is 0 Å². The zero-order valence-corrected chi connectivity index (χ0v) is 17.1. The molecule has 0 aliphatic carbocycles. The molecule has 2 aromatic rings. The van der Waals surface area contributed by atoms with Crippen LogP contribution < -0.4 is 10.1 Å². The van der Waals surface area contributed by atoms with Gasteiger partial charge < -0.3 is 15.0 Å². The number of amides is 1. The number of benzene rings is 1. The lowest BCUT2D eigenvalue weighted by Crippen LogP contribution is -2.34. The Balaban J connectivity index is 1.78. The standard InChI is InChI=1S/C21H28N2O3S/c1-4-13-26-17-9-7-16(8-10-17)19(24)11-12-21(25)22-15-18(23(2)3)20-6-5-14-27-20/h5-10,14,18H,4,11-13,15H2,1-3H3,(H,22,25)/t18-/m0/s1. The van der Waals surface area contributed by atoms with E-state index in [9.17, 15) is 9.59 Å². The lowest BCUT2D eigenvalue weighted by Gasteiger charge is -2.23. The van der Waals surface area contributed by atoms with Gasteiger partial charge in [-0.05, 0) is 56.2 Å². The summed E-state index contributed by atoms with van der Waals surface area (Å²) in [6.45, 7) is 3.24.